The lowest BCUT2D eigenvalue weighted by Gasteiger charge is -2.28. The summed E-state index contributed by atoms with van der Waals surface area (Å²) in [5, 5.41) is 33.9. The van der Waals surface area contributed by atoms with Crippen molar-refractivity contribution in [1.82, 2.24) is 9.97 Å². The van der Waals surface area contributed by atoms with Gasteiger partial charge in [0.15, 0.2) is 0 Å². The lowest BCUT2D eigenvalue weighted by atomic mass is 9.75. The Morgan fingerprint density at radius 1 is 1.33 bits per heavy atom. The van der Waals surface area contributed by atoms with Gasteiger partial charge in [-0.3, -0.25) is 9.79 Å². The molecular weight excluding hydrogens is 552 g/mol. The summed E-state index contributed by atoms with van der Waals surface area (Å²) in [6.45, 7) is 10.5. The second-order valence-corrected chi connectivity index (χ2v) is 11.1. The third kappa shape index (κ3) is 5.16. The average molecular weight is 585 g/mol. The Morgan fingerprint density at radius 3 is 2.86 bits per heavy atom. The molecule has 0 saturated carbocycles. The standard InChI is InChI=1S/C32H32N4O5S/c1-4-32(3)19(2)25(16-38)41-30(32)27-28(23(14-33)26-29(27)35-18-36-31(26)39)34-15-20-7-8-22(21-9-12-42-17-21)24(13-20)40-11-6-5-10-37/h4,7-9,12-13,17-18,25,30,37-38H,1-2,5-6,10-11,15-16H2,3H3,(H,35,36,39)/t25-,30?,32?/m1/s1. The van der Waals surface area contributed by atoms with Crippen LogP contribution in [0.4, 0.5) is 0 Å². The van der Waals surface area contributed by atoms with Crippen molar-refractivity contribution >= 4 is 28.2 Å². The summed E-state index contributed by atoms with van der Waals surface area (Å²) >= 11 is 1.60. The van der Waals surface area contributed by atoms with Crippen LogP contribution in [0.15, 0.2) is 75.9 Å². The molecule has 3 N–H and O–H groups in total. The van der Waals surface area contributed by atoms with Crippen molar-refractivity contribution in [2.24, 2.45) is 10.4 Å². The molecule has 0 spiro atoms. The van der Waals surface area contributed by atoms with Crippen molar-refractivity contribution in [3.63, 3.8) is 0 Å². The maximum Gasteiger partial charge on any atom is 0.260 e. The van der Waals surface area contributed by atoms with Crippen LogP contribution in [0, 0.1) is 16.7 Å². The minimum absolute atomic E-state index is 0.108. The summed E-state index contributed by atoms with van der Waals surface area (Å²) in [5.74, 6) is 0.700. The molecule has 42 heavy (non-hydrogen) atoms. The summed E-state index contributed by atoms with van der Waals surface area (Å²) in [6.07, 6.45) is 2.98. The molecule has 2 aromatic heterocycles. The van der Waals surface area contributed by atoms with Gasteiger partial charge in [-0.05, 0) is 59.4 Å². The number of nitrogens with one attached hydrogen (secondary N) is 1. The van der Waals surface area contributed by atoms with Crippen molar-refractivity contribution in [1.29, 1.82) is 5.26 Å². The number of unbranched alkanes of at least 4 members (excludes halogenated alkanes) is 1. The van der Waals surface area contributed by atoms with Gasteiger partial charge in [-0.1, -0.05) is 24.8 Å². The highest BCUT2D eigenvalue weighted by Gasteiger charge is 2.50. The number of fused-ring (bicyclic) bond motifs is 1. The van der Waals surface area contributed by atoms with E-state index in [1.165, 1.54) is 6.33 Å². The van der Waals surface area contributed by atoms with Crippen LogP contribution in [0.1, 0.15) is 25.3 Å². The predicted octanol–water partition coefficient (Wildman–Crippen LogP) is 2.64. The number of aliphatic hydroxyl groups excluding tert-OH is 2. The van der Waals surface area contributed by atoms with Gasteiger partial charge in [-0.2, -0.15) is 16.6 Å². The number of aliphatic imine (C=N–C) groups is 1. The van der Waals surface area contributed by atoms with Crippen LogP contribution in [0.25, 0.3) is 22.3 Å². The summed E-state index contributed by atoms with van der Waals surface area (Å²) in [6, 6.07) is 10.1. The minimum atomic E-state index is -0.812. The maximum absolute atomic E-state index is 12.9. The quantitative estimate of drug-likeness (QED) is 0.232. The van der Waals surface area contributed by atoms with Gasteiger partial charge < -0.3 is 24.7 Å². The van der Waals surface area contributed by atoms with Crippen molar-refractivity contribution in [2.45, 2.75) is 38.5 Å². The molecule has 216 valence electrons. The highest BCUT2D eigenvalue weighted by molar-refractivity contribution is 7.08. The number of nitriles is 1. The number of aromatic amines is 1. The zero-order valence-electron chi connectivity index (χ0n) is 23.3. The summed E-state index contributed by atoms with van der Waals surface area (Å²) in [7, 11) is 0. The van der Waals surface area contributed by atoms with Gasteiger partial charge in [-0.25, -0.2) is 4.98 Å². The molecule has 3 aromatic rings. The number of aromatic nitrogens is 2. The van der Waals surface area contributed by atoms with Gasteiger partial charge in [0.05, 0.1) is 47.9 Å². The van der Waals surface area contributed by atoms with Crippen LogP contribution in [-0.4, -0.2) is 57.9 Å². The third-order valence-corrected chi connectivity index (χ3v) is 8.53. The zero-order chi connectivity index (χ0) is 29.9. The molecule has 1 fully saturated rings. The topological polar surface area (TPSA) is 141 Å². The van der Waals surface area contributed by atoms with Crippen LogP contribution in [0.5, 0.6) is 5.75 Å². The van der Waals surface area contributed by atoms with Gasteiger partial charge in [0.2, 0.25) is 0 Å². The fraction of sp³-hybridized carbons (Fsp3) is 0.312. The van der Waals surface area contributed by atoms with E-state index in [0.717, 1.165) is 16.7 Å². The normalized spacial score (nSPS) is 22.4. The molecule has 2 aliphatic rings. The molecule has 10 heteroatoms. The number of ether oxygens (including phenoxy) is 2. The highest BCUT2D eigenvalue weighted by atomic mass is 32.1. The molecular formula is C32H32N4O5S. The first-order valence-corrected chi connectivity index (χ1v) is 14.6. The van der Waals surface area contributed by atoms with Crippen LogP contribution in [-0.2, 0) is 11.3 Å². The molecule has 3 atom stereocenters. The monoisotopic (exact) mass is 584 g/mol. The number of H-pyrrole nitrogens is 1. The Morgan fingerprint density at radius 2 is 2.17 bits per heavy atom. The Hall–Kier alpha value is -4.14. The first kappa shape index (κ1) is 29.4. The summed E-state index contributed by atoms with van der Waals surface area (Å²) in [5.41, 5.74) is 3.12. The molecule has 3 heterocycles. The molecule has 0 radical (unpaired) electrons. The minimum Gasteiger partial charge on any atom is -0.493 e. The van der Waals surface area contributed by atoms with E-state index in [1.54, 1.807) is 17.4 Å². The second-order valence-electron chi connectivity index (χ2n) is 10.3. The van der Waals surface area contributed by atoms with E-state index in [1.807, 2.05) is 36.6 Å². The van der Waals surface area contributed by atoms with E-state index in [2.05, 4.69) is 34.6 Å². The van der Waals surface area contributed by atoms with Crippen LogP contribution in [0.2, 0.25) is 0 Å². The van der Waals surface area contributed by atoms with Crippen LogP contribution < -0.4 is 20.9 Å². The van der Waals surface area contributed by atoms with Crippen molar-refractivity contribution < 1.29 is 19.7 Å². The van der Waals surface area contributed by atoms with Crippen molar-refractivity contribution in [3.05, 3.63) is 92.6 Å². The second kappa shape index (κ2) is 12.4. The molecule has 1 aromatic carbocycles. The van der Waals surface area contributed by atoms with E-state index in [-0.39, 0.29) is 30.6 Å². The van der Waals surface area contributed by atoms with E-state index in [4.69, 9.17) is 19.6 Å². The molecule has 1 aliphatic carbocycles. The SMILES string of the molecule is C=CC1(C)C(=C)[C@@H](CO)OC1C1=c2nc[nH]c(=O)c2=C(C#N)C1=NCc1ccc(-c2ccsc2)c(OCCCCO)c1. The Balaban J connectivity index is 1.60. The first-order valence-electron chi connectivity index (χ1n) is 13.6. The van der Waals surface area contributed by atoms with Gasteiger partial charge in [0.25, 0.3) is 5.56 Å². The van der Waals surface area contributed by atoms with E-state index >= 15 is 0 Å². The number of aliphatic hydroxyl groups is 2. The lowest BCUT2D eigenvalue weighted by molar-refractivity contribution is 0.0329. The molecule has 1 saturated heterocycles. The largest absolute Gasteiger partial charge is 0.493 e. The predicted molar refractivity (Wildman–Crippen MR) is 162 cm³/mol. The van der Waals surface area contributed by atoms with Crippen molar-refractivity contribution in [3.8, 4) is 22.9 Å². The molecule has 9 nitrogen and oxygen atoms in total. The van der Waals surface area contributed by atoms with Gasteiger partial charge in [-0.15, -0.1) is 6.58 Å². The number of rotatable bonds is 11. The number of hydrogen-bond acceptors (Lipinski definition) is 9. The fourth-order valence-electron chi connectivity index (χ4n) is 5.39. The summed E-state index contributed by atoms with van der Waals surface area (Å²) < 4.78 is 12.4. The number of nitrogens with zero attached hydrogens (tertiary/aromatic N) is 3. The lowest BCUT2D eigenvalue weighted by Crippen LogP contribution is -2.44. The Labute approximate surface area is 247 Å². The molecule has 2 unspecified atom stereocenters. The Kier molecular flexibility index (Phi) is 8.66. The van der Waals surface area contributed by atoms with E-state index in [0.29, 0.717) is 47.4 Å². The average Bonchev–Trinajstić information content (AvgIpc) is 3.71. The molecule has 5 rings (SSSR count). The number of hydrogen-bond donors (Lipinski definition) is 3. The first-order chi connectivity index (χ1) is 20.4. The third-order valence-electron chi connectivity index (χ3n) is 7.85. The van der Waals surface area contributed by atoms with Gasteiger partial charge in [0.1, 0.15) is 24.0 Å². The fourth-order valence-corrected chi connectivity index (χ4v) is 6.05. The van der Waals surface area contributed by atoms with E-state index in [9.17, 15) is 15.2 Å². The highest BCUT2D eigenvalue weighted by Crippen LogP contribution is 2.47. The molecule has 0 amide bonds. The molecule has 0 bridgehead atoms. The van der Waals surface area contributed by atoms with Crippen molar-refractivity contribution in [2.75, 3.05) is 19.8 Å². The van der Waals surface area contributed by atoms with E-state index < -0.39 is 23.2 Å². The van der Waals surface area contributed by atoms with Gasteiger partial charge >= 0.3 is 0 Å². The maximum atomic E-state index is 12.9. The van der Waals surface area contributed by atoms with Crippen LogP contribution in [0.3, 0.4) is 0 Å². The number of benzene rings is 1. The molecule has 1 aliphatic heterocycles. The Bertz CT molecular complexity index is 1770. The zero-order valence-corrected chi connectivity index (χ0v) is 24.1. The number of thiophene rings is 1. The van der Waals surface area contributed by atoms with Crippen LogP contribution >= 0.6 is 11.3 Å². The smallest absolute Gasteiger partial charge is 0.260 e. The van der Waals surface area contributed by atoms with Gasteiger partial charge in [0, 0.05) is 23.2 Å². The summed E-state index contributed by atoms with van der Waals surface area (Å²) in [4.78, 5) is 24.8.